The van der Waals surface area contributed by atoms with E-state index in [1.807, 2.05) is 0 Å². The molecule has 5 heteroatoms. The summed E-state index contributed by atoms with van der Waals surface area (Å²) < 4.78 is 5.24. The molecule has 0 aliphatic carbocycles. The van der Waals surface area contributed by atoms with Crippen LogP contribution in [0.1, 0.15) is 0 Å². The first-order valence-corrected chi connectivity index (χ1v) is 4.36. The molecular formula is C10H12N2O3. The van der Waals surface area contributed by atoms with Crippen molar-refractivity contribution in [2.75, 3.05) is 13.2 Å². The number of carbonyl (C=O) groups excluding carboxylic acids is 1. The molecule has 0 fully saturated rings. The molecule has 0 saturated heterocycles. The Morgan fingerprint density at radius 3 is 2.73 bits per heavy atom. The van der Waals surface area contributed by atoms with Gasteiger partial charge in [-0.1, -0.05) is 0 Å². The van der Waals surface area contributed by atoms with Gasteiger partial charge in [-0.25, -0.2) is 0 Å². The van der Waals surface area contributed by atoms with Crippen LogP contribution in [0.3, 0.4) is 0 Å². The second-order valence-electron chi connectivity index (χ2n) is 2.78. The Labute approximate surface area is 87.2 Å². The molecule has 0 unspecified atom stereocenters. The number of phenols is 1. The monoisotopic (exact) mass is 208 g/mol. The van der Waals surface area contributed by atoms with Crippen LogP contribution in [-0.4, -0.2) is 30.4 Å². The topological polar surface area (TPSA) is 84.9 Å². The highest BCUT2D eigenvalue weighted by Gasteiger charge is 1.96. The molecular weight excluding hydrogens is 196 g/mol. The lowest BCUT2D eigenvalue weighted by Gasteiger charge is -2.05. The maximum absolute atomic E-state index is 9.99. The van der Waals surface area contributed by atoms with Gasteiger partial charge in [-0.05, 0) is 24.3 Å². The van der Waals surface area contributed by atoms with Crippen molar-refractivity contribution in [2.24, 2.45) is 10.7 Å². The number of aldehydes is 1. The van der Waals surface area contributed by atoms with E-state index in [2.05, 4.69) is 4.99 Å². The quantitative estimate of drug-likeness (QED) is 0.415. The highest BCUT2D eigenvalue weighted by Crippen LogP contribution is 2.15. The van der Waals surface area contributed by atoms with E-state index in [0.717, 1.165) is 0 Å². The third kappa shape index (κ3) is 4.12. The summed E-state index contributed by atoms with van der Waals surface area (Å²) in [5.74, 6) is 1.01. The first-order chi connectivity index (χ1) is 7.22. The van der Waals surface area contributed by atoms with E-state index < -0.39 is 0 Å². The van der Waals surface area contributed by atoms with Gasteiger partial charge < -0.3 is 20.4 Å². The minimum atomic E-state index is 0.0464. The van der Waals surface area contributed by atoms with Crippen molar-refractivity contribution in [3.05, 3.63) is 24.3 Å². The Bertz CT molecular complexity index is 346. The van der Waals surface area contributed by atoms with E-state index in [9.17, 15) is 4.79 Å². The fourth-order valence-electron chi connectivity index (χ4n) is 0.900. The summed E-state index contributed by atoms with van der Waals surface area (Å²) in [6.45, 7) is 0.170. The Morgan fingerprint density at radius 2 is 2.13 bits per heavy atom. The SMILES string of the molecule is NC(COc1ccc(O)cc1)=NCC=O. The van der Waals surface area contributed by atoms with Gasteiger partial charge in [-0.2, -0.15) is 0 Å². The largest absolute Gasteiger partial charge is 0.508 e. The average molecular weight is 208 g/mol. The van der Waals surface area contributed by atoms with Crippen molar-refractivity contribution < 1.29 is 14.6 Å². The zero-order valence-electron chi connectivity index (χ0n) is 8.09. The van der Waals surface area contributed by atoms with Gasteiger partial charge >= 0.3 is 0 Å². The average Bonchev–Trinajstić information content (AvgIpc) is 2.25. The molecule has 1 aromatic carbocycles. The molecule has 5 nitrogen and oxygen atoms in total. The van der Waals surface area contributed by atoms with Gasteiger partial charge in [0.05, 0.1) is 6.54 Å². The number of ether oxygens (including phenoxy) is 1. The molecule has 15 heavy (non-hydrogen) atoms. The molecule has 80 valence electrons. The Morgan fingerprint density at radius 1 is 1.47 bits per heavy atom. The molecule has 0 heterocycles. The summed E-state index contributed by atoms with van der Waals surface area (Å²) in [7, 11) is 0. The molecule has 0 aliphatic heterocycles. The number of hydrogen-bond acceptors (Lipinski definition) is 4. The molecule has 1 rings (SSSR count). The molecule has 0 radical (unpaired) electrons. The number of phenolic OH excluding ortho intramolecular Hbond substituents is 1. The minimum Gasteiger partial charge on any atom is -0.508 e. The molecule has 0 amide bonds. The van der Waals surface area contributed by atoms with E-state index in [1.54, 1.807) is 12.1 Å². The molecule has 0 saturated carbocycles. The predicted molar refractivity (Wildman–Crippen MR) is 56.2 cm³/mol. The first kappa shape index (κ1) is 11.0. The number of nitrogens with two attached hydrogens (primary N) is 1. The van der Waals surface area contributed by atoms with Gasteiger partial charge in [0.25, 0.3) is 0 Å². The van der Waals surface area contributed by atoms with Crippen molar-refractivity contribution in [2.45, 2.75) is 0 Å². The Balaban J connectivity index is 2.43. The number of amidine groups is 1. The van der Waals surface area contributed by atoms with Crippen molar-refractivity contribution in [3.8, 4) is 11.5 Å². The van der Waals surface area contributed by atoms with Crippen LogP contribution in [0.25, 0.3) is 0 Å². The maximum Gasteiger partial charge on any atom is 0.145 e. The van der Waals surface area contributed by atoms with Crippen LogP contribution >= 0.6 is 0 Å². The smallest absolute Gasteiger partial charge is 0.145 e. The van der Waals surface area contributed by atoms with Crippen molar-refractivity contribution >= 4 is 12.1 Å². The minimum absolute atomic E-state index is 0.0464. The van der Waals surface area contributed by atoms with Crippen molar-refractivity contribution in [3.63, 3.8) is 0 Å². The van der Waals surface area contributed by atoms with Crippen LogP contribution in [-0.2, 0) is 4.79 Å². The highest BCUT2D eigenvalue weighted by atomic mass is 16.5. The fraction of sp³-hybridized carbons (Fsp3) is 0.200. The number of carbonyl (C=O) groups is 1. The summed E-state index contributed by atoms with van der Waals surface area (Å²) in [4.78, 5) is 13.7. The first-order valence-electron chi connectivity index (χ1n) is 4.36. The number of nitrogens with zero attached hydrogens (tertiary/aromatic N) is 1. The second kappa shape index (κ2) is 5.64. The van der Waals surface area contributed by atoms with Gasteiger partial charge in [0, 0.05) is 0 Å². The van der Waals surface area contributed by atoms with Crippen LogP contribution in [0.5, 0.6) is 11.5 Å². The summed E-state index contributed by atoms with van der Waals surface area (Å²) in [6.07, 6.45) is 0.660. The maximum atomic E-state index is 9.99. The molecule has 1 aromatic rings. The number of aliphatic imine (C=N–C) groups is 1. The molecule has 0 bridgehead atoms. The zero-order valence-corrected chi connectivity index (χ0v) is 8.09. The number of hydrogen-bond donors (Lipinski definition) is 2. The predicted octanol–water partition coefficient (Wildman–Crippen LogP) is 0.327. The van der Waals surface area contributed by atoms with Gasteiger partial charge in [0.1, 0.15) is 30.2 Å². The Kier molecular flexibility index (Phi) is 4.15. The molecule has 0 aliphatic rings. The second-order valence-corrected chi connectivity index (χ2v) is 2.78. The lowest BCUT2D eigenvalue weighted by Crippen LogP contribution is -2.21. The summed E-state index contributed by atoms with van der Waals surface area (Å²) in [6, 6.07) is 6.24. The molecule has 0 aromatic heterocycles. The fourth-order valence-corrected chi connectivity index (χ4v) is 0.900. The van der Waals surface area contributed by atoms with E-state index >= 15 is 0 Å². The van der Waals surface area contributed by atoms with Crippen LogP contribution in [0.15, 0.2) is 29.3 Å². The van der Waals surface area contributed by atoms with Crippen molar-refractivity contribution in [1.82, 2.24) is 0 Å². The summed E-state index contributed by atoms with van der Waals surface area (Å²) >= 11 is 0. The van der Waals surface area contributed by atoms with Crippen molar-refractivity contribution in [1.29, 1.82) is 0 Å². The van der Waals surface area contributed by atoms with E-state index in [4.69, 9.17) is 15.6 Å². The third-order valence-corrected chi connectivity index (χ3v) is 1.59. The van der Waals surface area contributed by atoms with E-state index in [0.29, 0.717) is 12.0 Å². The van der Waals surface area contributed by atoms with Crippen LogP contribution in [0.4, 0.5) is 0 Å². The molecule has 3 N–H and O–H groups in total. The Hall–Kier alpha value is -2.04. The zero-order chi connectivity index (χ0) is 11.1. The standard InChI is InChI=1S/C10H12N2O3/c11-10(12-5-6-13)7-15-9-3-1-8(14)2-4-9/h1-4,6,14H,5,7H2,(H2,11,12). The summed E-state index contributed by atoms with van der Waals surface area (Å²) in [5, 5.41) is 9.01. The van der Waals surface area contributed by atoms with Crippen LogP contribution < -0.4 is 10.5 Å². The van der Waals surface area contributed by atoms with Gasteiger partial charge in [0.2, 0.25) is 0 Å². The third-order valence-electron chi connectivity index (χ3n) is 1.59. The highest BCUT2D eigenvalue weighted by molar-refractivity contribution is 5.82. The summed E-state index contributed by atoms with van der Waals surface area (Å²) in [5.41, 5.74) is 5.45. The van der Waals surface area contributed by atoms with E-state index in [-0.39, 0.29) is 24.7 Å². The van der Waals surface area contributed by atoms with Crippen LogP contribution in [0.2, 0.25) is 0 Å². The van der Waals surface area contributed by atoms with Gasteiger partial charge in [-0.15, -0.1) is 0 Å². The number of benzene rings is 1. The molecule has 0 spiro atoms. The lowest BCUT2D eigenvalue weighted by molar-refractivity contribution is -0.106. The van der Waals surface area contributed by atoms with Gasteiger partial charge in [0.15, 0.2) is 0 Å². The molecule has 0 atom stereocenters. The van der Waals surface area contributed by atoms with Gasteiger partial charge in [-0.3, -0.25) is 4.99 Å². The number of rotatable bonds is 5. The lowest BCUT2D eigenvalue weighted by atomic mass is 10.3. The normalized spacial score (nSPS) is 11.1. The van der Waals surface area contributed by atoms with Crippen LogP contribution in [0, 0.1) is 0 Å². The number of aromatic hydroxyl groups is 1. The van der Waals surface area contributed by atoms with E-state index in [1.165, 1.54) is 12.1 Å².